The number of nitrogens with zero attached hydrogens (tertiary/aromatic N) is 3. The van der Waals surface area contributed by atoms with E-state index in [1.54, 1.807) is 6.33 Å². The quantitative estimate of drug-likeness (QED) is 0.568. The van der Waals surface area contributed by atoms with E-state index in [-0.39, 0.29) is 0 Å². The second kappa shape index (κ2) is 9.55. The first kappa shape index (κ1) is 20.8. The van der Waals surface area contributed by atoms with E-state index >= 15 is 0 Å². The average Bonchev–Trinajstić information content (AvgIpc) is 3.51. The third-order valence-corrected chi connectivity index (χ3v) is 4.02. The molecule has 152 valence electrons. The minimum Gasteiger partial charge on any atom is -0.324 e. The lowest BCUT2D eigenvalue weighted by molar-refractivity contribution is 0.603. The zero-order valence-electron chi connectivity index (χ0n) is 16.1. The van der Waals surface area contributed by atoms with E-state index in [2.05, 4.69) is 48.9 Å². The standard InChI is InChI=1S/C19H19N5.CH5NO2S/c1-2-7-16(8-3-1)23-19-22-13-21-18(24-19)17-9-5-4-6-14(17)12-20-15-10-11-15;1-5(2,3)4/h1-9,13,15,20H,10-12H2,(H,21,22,23,24);1H3,(H2,2,3,4). The van der Waals surface area contributed by atoms with E-state index in [1.165, 1.54) is 18.4 Å². The van der Waals surface area contributed by atoms with Gasteiger partial charge in [0.2, 0.25) is 16.0 Å². The van der Waals surface area contributed by atoms with Gasteiger partial charge in [0.05, 0.1) is 6.26 Å². The summed E-state index contributed by atoms with van der Waals surface area (Å²) >= 11 is 0. The number of aromatic nitrogens is 3. The van der Waals surface area contributed by atoms with Crippen LogP contribution in [0.2, 0.25) is 0 Å². The van der Waals surface area contributed by atoms with Crippen LogP contribution in [0.25, 0.3) is 11.4 Å². The molecule has 2 aromatic carbocycles. The lowest BCUT2D eigenvalue weighted by Gasteiger charge is -2.10. The largest absolute Gasteiger partial charge is 0.324 e. The van der Waals surface area contributed by atoms with Crippen LogP contribution in [-0.2, 0) is 16.6 Å². The highest BCUT2D eigenvalue weighted by Gasteiger charge is 2.20. The van der Waals surface area contributed by atoms with Crippen LogP contribution in [0.3, 0.4) is 0 Å². The number of nitrogens with one attached hydrogen (secondary N) is 2. The SMILES string of the molecule is CS(N)(=O)=O.c1ccc(Nc2ncnc(-c3ccccc3CNC3CC3)n2)cc1. The Morgan fingerprint density at radius 3 is 2.38 bits per heavy atom. The lowest BCUT2D eigenvalue weighted by Crippen LogP contribution is -2.16. The molecule has 0 unspecified atom stereocenters. The first-order valence-corrected chi connectivity index (χ1v) is 11.1. The highest BCUT2D eigenvalue weighted by molar-refractivity contribution is 7.88. The van der Waals surface area contributed by atoms with E-state index in [4.69, 9.17) is 0 Å². The molecule has 0 saturated heterocycles. The molecule has 3 aromatic rings. The maximum Gasteiger partial charge on any atom is 0.230 e. The number of sulfonamides is 1. The van der Waals surface area contributed by atoms with Crippen molar-refractivity contribution < 1.29 is 8.42 Å². The second-order valence-corrected chi connectivity index (χ2v) is 8.42. The van der Waals surface area contributed by atoms with Gasteiger partial charge >= 0.3 is 0 Å². The fourth-order valence-corrected chi connectivity index (χ4v) is 2.57. The van der Waals surface area contributed by atoms with Crippen LogP contribution in [0.5, 0.6) is 0 Å². The Bertz CT molecular complexity index is 1030. The Morgan fingerprint density at radius 2 is 1.69 bits per heavy atom. The maximum atomic E-state index is 9.41. The number of anilines is 2. The Labute approximate surface area is 170 Å². The molecule has 0 atom stereocenters. The number of rotatable bonds is 6. The zero-order valence-corrected chi connectivity index (χ0v) is 16.9. The molecule has 29 heavy (non-hydrogen) atoms. The maximum absolute atomic E-state index is 9.41. The first-order valence-electron chi connectivity index (χ1n) is 9.19. The molecule has 0 radical (unpaired) electrons. The normalized spacial score (nSPS) is 13.3. The van der Waals surface area contributed by atoms with Crippen LogP contribution >= 0.6 is 0 Å². The van der Waals surface area contributed by atoms with Crippen molar-refractivity contribution in [3.8, 4) is 11.4 Å². The molecule has 4 rings (SSSR count). The zero-order chi connectivity index (χ0) is 20.7. The monoisotopic (exact) mass is 412 g/mol. The van der Waals surface area contributed by atoms with E-state index < -0.39 is 10.0 Å². The van der Waals surface area contributed by atoms with E-state index in [0.29, 0.717) is 17.8 Å². The van der Waals surface area contributed by atoms with Gasteiger partial charge in [-0.25, -0.2) is 23.5 Å². The number of primary sulfonamides is 1. The molecule has 1 aliphatic carbocycles. The molecule has 1 heterocycles. The van der Waals surface area contributed by atoms with Gasteiger partial charge in [0.15, 0.2) is 5.82 Å². The van der Waals surface area contributed by atoms with Crippen molar-refractivity contribution in [2.75, 3.05) is 11.6 Å². The molecule has 0 bridgehead atoms. The summed E-state index contributed by atoms with van der Waals surface area (Å²) < 4.78 is 18.8. The smallest absolute Gasteiger partial charge is 0.230 e. The Morgan fingerprint density at radius 1 is 1.03 bits per heavy atom. The number of hydrogen-bond acceptors (Lipinski definition) is 7. The molecule has 8 nitrogen and oxygen atoms in total. The Kier molecular flexibility index (Phi) is 6.86. The topological polar surface area (TPSA) is 123 Å². The van der Waals surface area contributed by atoms with Crippen molar-refractivity contribution >= 4 is 21.7 Å². The second-order valence-electron chi connectivity index (χ2n) is 6.77. The summed E-state index contributed by atoms with van der Waals surface area (Å²) in [6.07, 6.45) is 5.05. The van der Waals surface area contributed by atoms with Gasteiger partial charge < -0.3 is 10.6 Å². The summed E-state index contributed by atoms with van der Waals surface area (Å²) in [6.45, 7) is 0.841. The van der Waals surface area contributed by atoms with Gasteiger partial charge in [-0.3, -0.25) is 0 Å². The van der Waals surface area contributed by atoms with Gasteiger partial charge in [-0.15, -0.1) is 0 Å². The van der Waals surface area contributed by atoms with Crippen LogP contribution in [0, 0.1) is 0 Å². The molecule has 1 aromatic heterocycles. The van der Waals surface area contributed by atoms with Crippen molar-refractivity contribution in [2.24, 2.45) is 5.14 Å². The van der Waals surface area contributed by atoms with Crippen LogP contribution < -0.4 is 15.8 Å². The molecular weight excluding hydrogens is 388 g/mol. The highest BCUT2D eigenvalue weighted by Crippen LogP contribution is 2.24. The highest BCUT2D eigenvalue weighted by atomic mass is 32.2. The van der Waals surface area contributed by atoms with Crippen LogP contribution in [0.1, 0.15) is 18.4 Å². The van der Waals surface area contributed by atoms with Gasteiger partial charge in [0.25, 0.3) is 0 Å². The molecule has 0 amide bonds. The fraction of sp³-hybridized carbons (Fsp3) is 0.250. The first-order chi connectivity index (χ1) is 13.9. The van der Waals surface area contributed by atoms with Crippen molar-refractivity contribution in [2.45, 2.75) is 25.4 Å². The Balaban J connectivity index is 0.000000431. The number of benzene rings is 2. The summed E-state index contributed by atoms with van der Waals surface area (Å²) in [5.41, 5.74) is 3.21. The third-order valence-electron chi connectivity index (χ3n) is 4.02. The Hall–Kier alpha value is -2.88. The van der Waals surface area contributed by atoms with E-state index in [9.17, 15) is 8.42 Å². The summed E-state index contributed by atoms with van der Waals surface area (Å²) in [5, 5.41) is 11.1. The summed E-state index contributed by atoms with van der Waals surface area (Å²) in [6, 6.07) is 18.8. The molecule has 1 saturated carbocycles. The molecule has 4 N–H and O–H groups in total. The summed E-state index contributed by atoms with van der Waals surface area (Å²) in [4.78, 5) is 13.2. The van der Waals surface area contributed by atoms with Crippen molar-refractivity contribution in [1.29, 1.82) is 0 Å². The van der Waals surface area contributed by atoms with Gasteiger partial charge in [0, 0.05) is 23.8 Å². The predicted molar refractivity (Wildman–Crippen MR) is 114 cm³/mol. The summed E-state index contributed by atoms with van der Waals surface area (Å²) in [7, 11) is -3.17. The van der Waals surface area contributed by atoms with Gasteiger partial charge in [-0.2, -0.15) is 4.98 Å². The minimum atomic E-state index is -3.17. The minimum absolute atomic E-state index is 0.552. The molecule has 9 heteroatoms. The van der Waals surface area contributed by atoms with Crippen molar-refractivity contribution in [1.82, 2.24) is 20.3 Å². The average molecular weight is 413 g/mol. The van der Waals surface area contributed by atoms with E-state index in [1.807, 2.05) is 36.4 Å². The van der Waals surface area contributed by atoms with Gasteiger partial charge in [0.1, 0.15) is 6.33 Å². The lowest BCUT2D eigenvalue weighted by atomic mass is 10.1. The third kappa shape index (κ3) is 7.57. The number of nitrogens with two attached hydrogens (primary N) is 1. The van der Waals surface area contributed by atoms with E-state index in [0.717, 1.165) is 24.1 Å². The van der Waals surface area contributed by atoms with Crippen molar-refractivity contribution in [3.05, 3.63) is 66.5 Å². The van der Waals surface area contributed by atoms with Crippen molar-refractivity contribution in [3.63, 3.8) is 0 Å². The predicted octanol–water partition coefficient (Wildman–Crippen LogP) is 2.44. The molecular formula is C20H24N6O2S. The van der Waals surface area contributed by atoms with Crippen LogP contribution in [0.15, 0.2) is 60.9 Å². The van der Waals surface area contributed by atoms with Crippen LogP contribution in [-0.4, -0.2) is 35.7 Å². The van der Waals surface area contributed by atoms with Gasteiger partial charge in [-0.1, -0.05) is 42.5 Å². The molecule has 1 aliphatic rings. The van der Waals surface area contributed by atoms with Gasteiger partial charge in [-0.05, 0) is 30.5 Å². The number of para-hydroxylation sites is 1. The number of hydrogen-bond donors (Lipinski definition) is 3. The fourth-order valence-electron chi connectivity index (χ4n) is 2.57. The molecule has 0 aliphatic heterocycles. The molecule has 0 spiro atoms. The van der Waals surface area contributed by atoms with Crippen LogP contribution in [0.4, 0.5) is 11.6 Å². The summed E-state index contributed by atoms with van der Waals surface area (Å²) in [5.74, 6) is 1.24. The molecule has 1 fully saturated rings.